The number of aliphatic imine (C=N–C) groups is 1. The van der Waals surface area contributed by atoms with Crippen molar-refractivity contribution in [3.63, 3.8) is 0 Å². The molecule has 0 aromatic heterocycles. The van der Waals surface area contributed by atoms with Gasteiger partial charge in [-0.05, 0) is 18.4 Å². The third-order valence-corrected chi connectivity index (χ3v) is 2.33. The van der Waals surface area contributed by atoms with Crippen LogP contribution in [-0.4, -0.2) is 23.6 Å². The van der Waals surface area contributed by atoms with Gasteiger partial charge >= 0.3 is 0 Å². The van der Waals surface area contributed by atoms with Crippen LogP contribution >= 0.6 is 11.8 Å². The zero-order chi connectivity index (χ0) is 12.0. The first-order chi connectivity index (χ1) is 7.71. The molecule has 0 atom stereocenters. The Hall–Kier alpha value is -1.87. The molecular weight excluding hydrogens is 226 g/mol. The van der Waals surface area contributed by atoms with Crippen LogP contribution in [0.25, 0.3) is 0 Å². The SMILES string of the molecule is COc1ccc(N=C(NC#N)SC)cc1O. The second kappa shape index (κ2) is 5.88. The number of amidine groups is 1. The van der Waals surface area contributed by atoms with Crippen LogP contribution in [0.4, 0.5) is 5.69 Å². The number of ether oxygens (including phenoxy) is 1. The number of aromatic hydroxyl groups is 1. The average Bonchev–Trinajstić information content (AvgIpc) is 2.28. The summed E-state index contributed by atoms with van der Waals surface area (Å²) in [7, 11) is 1.47. The molecule has 0 amide bonds. The van der Waals surface area contributed by atoms with E-state index in [4.69, 9.17) is 10.00 Å². The molecule has 0 fully saturated rings. The molecule has 0 saturated heterocycles. The molecule has 84 valence electrons. The van der Waals surface area contributed by atoms with Crippen molar-refractivity contribution in [1.29, 1.82) is 5.26 Å². The summed E-state index contributed by atoms with van der Waals surface area (Å²) < 4.78 is 4.91. The molecule has 5 nitrogen and oxygen atoms in total. The largest absolute Gasteiger partial charge is 0.504 e. The molecule has 0 aliphatic heterocycles. The van der Waals surface area contributed by atoms with Crippen molar-refractivity contribution in [3.05, 3.63) is 18.2 Å². The number of phenols is 1. The van der Waals surface area contributed by atoms with Crippen molar-refractivity contribution in [2.24, 2.45) is 4.99 Å². The van der Waals surface area contributed by atoms with E-state index in [1.807, 2.05) is 0 Å². The fourth-order valence-corrected chi connectivity index (χ4v) is 1.38. The zero-order valence-electron chi connectivity index (χ0n) is 8.89. The van der Waals surface area contributed by atoms with Crippen LogP contribution in [0.15, 0.2) is 23.2 Å². The number of hydrogen-bond acceptors (Lipinski definition) is 5. The molecule has 6 heteroatoms. The van der Waals surface area contributed by atoms with Gasteiger partial charge in [-0.2, -0.15) is 5.26 Å². The zero-order valence-corrected chi connectivity index (χ0v) is 9.71. The Bertz CT molecular complexity index is 440. The Kier molecular flexibility index (Phi) is 4.48. The van der Waals surface area contributed by atoms with Gasteiger partial charge in [0.1, 0.15) is 0 Å². The van der Waals surface area contributed by atoms with Gasteiger partial charge in [0.15, 0.2) is 22.9 Å². The lowest BCUT2D eigenvalue weighted by molar-refractivity contribution is 0.373. The minimum Gasteiger partial charge on any atom is -0.504 e. The lowest BCUT2D eigenvalue weighted by Crippen LogP contribution is -2.12. The van der Waals surface area contributed by atoms with Crippen molar-refractivity contribution in [3.8, 4) is 17.7 Å². The molecular formula is C10H11N3O2S. The second-order valence-electron chi connectivity index (χ2n) is 2.71. The molecule has 1 rings (SSSR count). The Labute approximate surface area is 97.8 Å². The lowest BCUT2D eigenvalue weighted by atomic mass is 10.3. The lowest BCUT2D eigenvalue weighted by Gasteiger charge is -2.04. The number of hydrogen-bond donors (Lipinski definition) is 2. The summed E-state index contributed by atoms with van der Waals surface area (Å²) in [6, 6.07) is 4.76. The Morgan fingerprint density at radius 1 is 1.62 bits per heavy atom. The molecule has 16 heavy (non-hydrogen) atoms. The maximum Gasteiger partial charge on any atom is 0.183 e. The fraction of sp³-hybridized carbons (Fsp3) is 0.200. The van der Waals surface area contributed by atoms with Gasteiger partial charge in [-0.25, -0.2) is 4.99 Å². The summed E-state index contributed by atoms with van der Waals surface area (Å²) in [6.07, 6.45) is 3.59. The topological polar surface area (TPSA) is 77.6 Å². The number of nitriles is 1. The fourth-order valence-electron chi connectivity index (χ4n) is 1.04. The van der Waals surface area contributed by atoms with Crippen LogP contribution in [0.1, 0.15) is 0 Å². The average molecular weight is 237 g/mol. The van der Waals surface area contributed by atoms with Crippen molar-refractivity contribution >= 4 is 22.6 Å². The number of nitrogens with zero attached hydrogens (tertiary/aromatic N) is 2. The summed E-state index contributed by atoms with van der Waals surface area (Å²) in [5, 5.41) is 20.9. The molecule has 0 saturated carbocycles. The first-order valence-corrected chi connectivity index (χ1v) is 5.58. The van der Waals surface area contributed by atoms with Crippen molar-refractivity contribution < 1.29 is 9.84 Å². The Morgan fingerprint density at radius 3 is 2.88 bits per heavy atom. The Morgan fingerprint density at radius 2 is 2.38 bits per heavy atom. The van der Waals surface area contributed by atoms with E-state index in [0.29, 0.717) is 16.6 Å². The summed E-state index contributed by atoms with van der Waals surface area (Å²) in [6.45, 7) is 0. The Balaban J connectivity index is 2.97. The number of thioether (sulfide) groups is 1. The van der Waals surface area contributed by atoms with E-state index in [0.717, 1.165) is 0 Å². The highest BCUT2D eigenvalue weighted by Gasteiger charge is 2.02. The predicted molar refractivity (Wildman–Crippen MR) is 64.0 cm³/mol. The minimum atomic E-state index is 0.0150. The van der Waals surface area contributed by atoms with Gasteiger partial charge in [-0.1, -0.05) is 11.8 Å². The van der Waals surface area contributed by atoms with Crippen LogP contribution < -0.4 is 10.1 Å². The third-order valence-electron chi connectivity index (χ3n) is 1.75. The van der Waals surface area contributed by atoms with Gasteiger partial charge in [0, 0.05) is 6.07 Å². The van der Waals surface area contributed by atoms with Crippen LogP contribution in [0.2, 0.25) is 0 Å². The van der Waals surface area contributed by atoms with Crippen LogP contribution in [-0.2, 0) is 0 Å². The molecule has 0 aliphatic rings. The molecule has 0 aliphatic carbocycles. The highest BCUT2D eigenvalue weighted by Crippen LogP contribution is 2.30. The van der Waals surface area contributed by atoms with E-state index >= 15 is 0 Å². The molecule has 0 unspecified atom stereocenters. The maximum absolute atomic E-state index is 9.52. The number of rotatable bonds is 2. The number of phenolic OH excluding ortho intramolecular Hbond substituents is 1. The van der Waals surface area contributed by atoms with Crippen molar-refractivity contribution in [1.82, 2.24) is 5.32 Å². The van der Waals surface area contributed by atoms with E-state index in [2.05, 4.69) is 10.3 Å². The van der Waals surface area contributed by atoms with Gasteiger partial charge in [0.2, 0.25) is 0 Å². The van der Waals surface area contributed by atoms with Gasteiger partial charge < -0.3 is 9.84 Å². The van der Waals surface area contributed by atoms with Crippen LogP contribution in [0.5, 0.6) is 11.5 Å². The molecule has 0 heterocycles. The first kappa shape index (κ1) is 12.2. The van der Waals surface area contributed by atoms with E-state index in [1.54, 1.807) is 24.6 Å². The normalized spacial score (nSPS) is 10.7. The summed E-state index contributed by atoms with van der Waals surface area (Å²) in [4.78, 5) is 4.13. The highest BCUT2D eigenvalue weighted by molar-refractivity contribution is 8.13. The molecule has 0 radical (unpaired) electrons. The van der Waals surface area contributed by atoms with Crippen LogP contribution in [0.3, 0.4) is 0 Å². The minimum absolute atomic E-state index is 0.0150. The summed E-state index contributed by atoms with van der Waals surface area (Å²) >= 11 is 1.31. The van der Waals surface area contributed by atoms with Gasteiger partial charge in [0.25, 0.3) is 0 Å². The second-order valence-corrected chi connectivity index (χ2v) is 3.51. The molecule has 0 bridgehead atoms. The standard InChI is InChI=1S/C10H11N3O2S/c1-15-9-4-3-7(5-8(9)14)13-10(16-2)12-6-11/h3-5,14H,1-2H3,(H,12,13). The van der Waals surface area contributed by atoms with E-state index in [1.165, 1.54) is 24.9 Å². The monoisotopic (exact) mass is 237 g/mol. The molecule has 2 N–H and O–H groups in total. The van der Waals surface area contributed by atoms with E-state index < -0.39 is 0 Å². The molecule has 1 aromatic rings. The highest BCUT2D eigenvalue weighted by atomic mass is 32.2. The van der Waals surface area contributed by atoms with E-state index in [-0.39, 0.29) is 5.75 Å². The summed E-state index contributed by atoms with van der Waals surface area (Å²) in [5.74, 6) is 0.402. The van der Waals surface area contributed by atoms with Gasteiger partial charge in [-0.3, -0.25) is 5.32 Å². The quantitative estimate of drug-likeness (QED) is 0.355. The number of methoxy groups -OCH3 is 1. The predicted octanol–water partition coefficient (Wildman–Crippen LogP) is 1.82. The summed E-state index contributed by atoms with van der Waals surface area (Å²) in [5.41, 5.74) is 0.547. The maximum atomic E-state index is 9.52. The van der Waals surface area contributed by atoms with Crippen molar-refractivity contribution in [2.75, 3.05) is 13.4 Å². The number of benzene rings is 1. The number of nitrogens with one attached hydrogen (secondary N) is 1. The smallest absolute Gasteiger partial charge is 0.183 e. The third kappa shape index (κ3) is 3.07. The molecule has 1 aromatic carbocycles. The first-order valence-electron chi connectivity index (χ1n) is 4.36. The van der Waals surface area contributed by atoms with Crippen LogP contribution in [0, 0.1) is 11.5 Å². The van der Waals surface area contributed by atoms with E-state index in [9.17, 15) is 5.11 Å². The molecule has 0 spiro atoms. The van der Waals surface area contributed by atoms with Crippen molar-refractivity contribution in [2.45, 2.75) is 0 Å². The van der Waals surface area contributed by atoms with Gasteiger partial charge in [-0.15, -0.1) is 0 Å². The van der Waals surface area contributed by atoms with Gasteiger partial charge in [0.05, 0.1) is 12.8 Å².